The van der Waals surface area contributed by atoms with Crippen LogP contribution in [-0.4, -0.2) is 125 Å². The molecule has 0 aliphatic heterocycles. The number of aromatic nitrogens is 3. The second kappa shape index (κ2) is 16.6. The van der Waals surface area contributed by atoms with E-state index >= 15 is 0 Å². The predicted molar refractivity (Wildman–Crippen MR) is 279 cm³/mol. The van der Waals surface area contributed by atoms with E-state index in [1.54, 1.807) is 6.07 Å². The third-order valence-electron chi connectivity index (χ3n) is 11.4. The van der Waals surface area contributed by atoms with E-state index in [4.69, 9.17) is 129 Å². The summed E-state index contributed by atoms with van der Waals surface area (Å²) < 4.78 is 6.49. The van der Waals surface area contributed by atoms with Gasteiger partial charge >= 0.3 is 0 Å². The number of hydrogen-bond donors (Lipinski definition) is 0. The summed E-state index contributed by atoms with van der Waals surface area (Å²) in [5.74, 6) is 1.49. The maximum Gasteiger partial charge on any atom is 0.164 e. The van der Waals surface area contributed by atoms with Crippen molar-refractivity contribution >= 4 is 225 Å². The van der Waals surface area contributed by atoms with Crippen LogP contribution in [0, 0.1) is 0 Å². The van der Waals surface area contributed by atoms with Crippen LogP contribution in [0.15, 0.2) is 101 Å². The predicted octanol–water partition coefficient (Wildman–Crippen LogP) is -4.98. The van der Waals surface area contributed by atoms with Gasteiger partial charge < -0.3 is 9.32 Å². The van der Waals surface area contributed by atoms with Crippen molar-refractivity contribution in [1.29, 1.82) is 0 Å². The van der Waals surface area contributed by atoms with E-state index in [2.05, 4.69) is 0 Å². The Bertz CT molecular complexity index is 3190. The molecule has 0 unspecified atom stereocenters. The summed E-state index contributed by atoms with van der Waals surface area (Å²) in [5.41, 5.74) is 2.71. The van der Waals surface area contributed by atoms with Crippen molar-refractivity contribution in [3.05, 3.63) is 97.1 Å². The van der Waals surface area contributed by atoms with Crippen molar-refractivity contribution in [3.8, 4) is 45.3 Å². The van der Waals surface area contributed by atoms with Crippen LogP contribution in [0.2, 0.25) is 0 Å². The molecule has 0 atom stereocenters. The quantitative estimate of drug-likeness (QED) is 0.152. The van der Waals surface area contributed by atoms with Crippen molar-refractivity contribution in [1.82, 2.24) is 15.0 Å². The van der Waals surface area contributed by atoms with E-state index in [1.165, 1.54) is 4.90 Å². The average Bonchev–Trinajstić information content (AvgIpc) is 3.69. The molecule has 28 radical (unpaired) electrons. The van der Waals surface area contributed by atoms with Gasteiger partial charge in [0.1, 0.15) is 121 Å². The third-order valence-corrected chi connectivity index (χ3v) is 11.4. The van der Waals surface area contributed by atoms with Gasteiger partial charge in [-0.25, -0.2) is 15.0 Å². The zero-order valence-electron chi connectivity index (χ0n) is 34.0. The monoisotopic (exact) mass is 782 g/mol. The van der Waals surface area contributed by atoms with Gasteiger partial charge in [-0.05, 0) is 29.3 Å². The Morgan fingerprint density at radius 3 is 1.20 bits per heavy atom. The average molecular weight is 780 g/mol. The molecule has 2 heterocycles. The molecule has 0 spiro atoms. The van der Waals surface area contributed by atoms with Crippen LogP contribution >= 0.6 is 0 Å². The van der Waals surface area contributed by atoms with Gasteiger partial charge in [0.05, 0.1) is 0 Å². The van der Waals surface area contributed by atoms with E-state index in [9.17, 15) is 0 Å². The van der Waals surface area contributed by atoms with Gasteiger partial charge in [-0.3, -0.25) is 0 Å². The fourth-order valence-electron chi connectivity index (χ4n) is 7.95. The molecule has 0 saturated carbocycles. The lowest BCUT2D eigenvalue weighted by Gasteiger charge is -2.40. The molecular formula is C45H16B14N4O. The maximum atomic E-state index is 6.96. The first-order valence-corrected chi connectivity index (χ1v) is 19.5. The molecule has 2 aromatic heterocycles. The largest absolute Gasteiger partial charge is 0.456 e. The number of rotatable bonds is 7. The van der Waals surface area contributed by atoms with E-state index in [-0.39, 0.29) is 99.1 Å². The smallest absolute Gasteiger partial charge is 0.164 e. The van der Waals surface area contributed by atoms with Crippen LogP contribution in [0.5, 0.6) is 0 Å². The summed E-state index contributed by atoms with van der Waals surface area (Å²) in [6, 6.07) is 30.6. The van der Waals surface area contributed by atoms with Gasteiger partial charge in [-0.2, -0.15) is 0 Å². The highest BCUT2D eigenvalue weighted by Gasteiger charge is 2.28. The second-order valence-corrected chi connectivity index (χ2v) is 15.1. The van der Waals surface area contributed by atoms with Gasteiger partial charge in [0.2, 0.25) is 0 Å². The molecule has 9 aromatic rings. The molecule has 0 fully saturated rings. The van der Waals surface area contributed by atoms with E-state index in [0.717, 1.165) is 27.5 Å². The molecule has 0 aliphatic rings. The topological polar surface area (TPSA) is 55.1 Å². The highest BCUT2D eigenvalue weighted by atomic mass is 16.3. The lowest BCUT2D eigenvalue weighted by molar-refractivity contribution is 0.669. The third kappa shape index (κ3) is 6.89. The molecular weight excluding hydrogens is 764 g/mol. The van der Waals surface area contributed by atoms with Crippen LogP contribution < -0.4 is 81.4 Å². The number of anilines is 3. The Labute approximate surface area is 389 Å². The lowest BCUT2D eigenvalue weighted by atomic mass is 9.59. The van der Waals surface area contributed by atoms with Gasteiger partial charge in [-0.1, -0.05) is 123 Å². The first-order chi connectivity index (χ1) is 30.6. The van der Waals surface area contributed by atoms with Crippen LogP contribution in [-0.2, 0) is 0 Å². The molecule has 64 heavy (non-hydrogen) atoms. The van der Waals surface area contributed by atoms with E-state index in [0.29, 0.717) is 34.2 Å². The molecule has 9 rings (SSSR count). The zero-order chi connectivity index (χ0) is 45.5. The first-order valence-electron chi connectivity index (χ1n) is 19.5. The summed E-state index contributed by atoms with van der Waals surface area (Å²) in [5, 5.41) is 1.53. The molecule has 0 bridgehead atoms. The molecule has 0 aliphatic carbocycles. The summed E-state index contributed by atoms with van der Waals surface area (Å²) in [6.45, 7) is 0. The molecule has 0 N–H and O–H groups in total. The Hall–Kier alpha value is -5.94. The SMILES string of the molecule is [B]c1c([B])c([B])c(N(c2c([B])c([B])c([B])c([B])c2[B])c2c([B])c([B])c(-c3ccc4c(c3)oc3cccc(-c5nc(-c6ccccc6)nc(-c6ccccc6)n5)c34)c([B])c2[B])c([B])c1[B]. The second-order valence-electron chi connectivity index (χ2n) is 15.1. The van der Waals surface area contributed by atoms with Crippen molar-refractivity contribution in [3.63, 3.8) is 0 Å². The summed E-state index contributed by atoms with van der Waals surface area (Å²) >= 11 is 0. The van der Waals surface area contributed by atoms with Crippen LogP contribution in [0.1, 0.15) is 0 Å². The number of fused-ring (bicyclic) bond motifs is 3. The van der Waals surface area contributed by atoms with Gasteiger partial charge in [0.15, 0.2) is 17.5 Å². The Kier molecular flexibility index (Phi) is 11.2. The highest BCUT2D eigenvalue weighted by Crippen LogP contribution is 2.38. The number of furan rings is 1. The van der Waals surface area contributed by atoms with Crippen molar-refractivity contribution < 1.29 is 4.42 Å². The zero-order valence-corrected chi connectivity index (χ0v) is 34.0. The van der Waals surface area contributed by atoms with E-state index < -0.39 is 0 Å². The Morgan fingerprint density at radius 2 is 0.750 bits per heavy atom. The fourth-order valence-corrected chi connectivity index (χ4v) is 7.95. The van der Waals surface area contributed by atoms with E-state index in [1.807, 2.05) is 91.0 Å². The van der Waals surface area contributed by atoms with Crippen LogP contribution in [0.4, 0.5) is 17.1 Å². The highest BCUT2D eigenvalue weighted by molar-refractivity contribution is 6.72. The number of nitrogens with zero attached hydrogens (tertiary/aromatic N) is 4. The van der Waals surface area contributed by atoms with Crippen molar-refractivity contribution in [2.45, 2.75) is 0 Å². The minimum Gasteiger partial charge on any atom is -0.456 e. The summed E-state index contributed by atoms with van der Waals surface area (Å²) in [4.78, 5) is 16.1. The normalized spacial score (nSPS) is 11.4. The van der Waals surface area contributed by atoms with Gasteiger partial charge in [-0.15, -0.1) is 32.8 Å². The lowest BCUT2D eigenvalue weighted by Crippen LogP contribution is -2.60. The van der Waals surface area contributed by atoms with Crippen molar-refractivity contribution in [2.75, 3.05) is 4.90 Å². The Morgan fingerprint density at radius 1 is 0.344 bits per heavy atom. The summed E-state index contributed by atoms with van der Waals surface area (Å²) in [6.07, 6.45) is 0. The molecule has 19 heteroatoms. The molecule has 7 aromatic carbocycles. The van der Waals surface area contributed by atoms with Gasteiger partial charge in [0.25, 0.3) is 0 Å². The standard InChI is InChI=1S/C45H16B14N4O/c46-26-24(27(47)35(55)40(34(26)54)63(41-36(56)30(50)28(48)31(51)37(41)57)42-38(58)32(52)29(49)33(53)39(42)59)19-14-15-20-23(16-19)64-22-13-7-12-21(25(20)22)45-61-43(17-8-3-1-4-9-17)60-44(62-45)18-10-5-2-6-11-18/h1-16H. The first kappa shape index (κ1) is 43.3. The van der Waals surface area contributed by atoms with Crippen LogP contribution in [0.3, 0.4) is 0 Å². The van der Waals surface area contributed by atoms with Crippen LogP contribution in [0.25, 0.3) is 67.2 Å². The molecule has 264 valence electrons. The number of hydrogen-bond acceptors (Lipinski definition) is 5. The van der Waals surface area contributed by atoms with Gasteiger partial charge in [0, 0.05) is 44.5 Å². The molecule has 5 nitrogen and oxygen atoms in total. The minimum atomic E-state index is -0.142. The maximum absolute atomic E-state index is 6.96. The molecule has 0 saturated heterocycles. The minimum absolute atomic E-state index is 0.00279. The number of benzene rings is 7. The molecule has 0 amide bonds. The fraction of sp³-hybridized carbons (Fsp3) is 0. The van der Waals surface area contributed by atoms with Crippen molar-refractivity contribution in [2.24, 2.45) is 0 Å². The Balaban J connectivity index is 1.24. The summed E-state index contributed by atoms with van der Waals surface area (Å²) in [7, 11) is 92.0.